The minimum absolute atomic E-state index is 0.0861. The van der Waals surface area contributed by atoms with Crippen LogP contribution in [0.25, 0.3) is 0 Å². The van der Waals surface area contributed by atoms with Gasteiger partial charge in [-0.1, -0.05) is 6.07 Å². The molecule has 1 saturated heterocycles. The first kappa shape index (κ1) is 13.7. The number of aryl methyl sites for hydroxylation is 1. The maximum Gasteiger partial charge on any atom is 0.280 e. The van der Waals surface area contributed by atoms with E-state index in [4.69, 9.17) is 4.74 Å². The molecule has 0 N–H and O–H groups in total. The molecule has 0 radical (unpaired) electrons. The Bertz CT molecular complexity index is 492. The van der Waals surface area contributed by atoms with Gasteiger partial charge in [-0.05, 0) is 37.3 Å². The highest BCUT2D eigenvalue weighted by Gasteiger charge is 2.24. The quantitative estimate of drug-likeness (QED) is 0.476. The van der Waals surface area contributed by atoms with E-state index in [1.165, 1.54) is 6.07 Å². The highest BCUT2D eigenvalue weighted by atomic mass is 16.6. The zero-order valence-corrected chi connectivity index (χ0v) is 10.9. The first-order chi connectivity index (χ1) is 9.08. The number of nitro groups is 1. The Balaban J connectivity index is 2.16. The first-order valence-corrected chi connectivity index (χ1v) is 6.44. The van der Waals surface area contributed by atoms with Crippen LogP contribution in [0.15, 0.2) is 18.2 Å². The average molecular weight is 263 g/mol. The number of ether oxygens (including phenoxy) is 1. The summed E-state index contributed by atoms with van der Waals surface area (Å²) in [5, 5.41) is 11.0. The SMILES string of the molecule is Cc1ccc(C(=O)CC2CCOCC2)c([N+](=O)[O-])c1. The molecule has 1 heterocycles. The summed E-state index contributed by atoms with van der Waals surface area (Å²) in [7, 11) is 0. The smallest absolute Gasteiger partial charge is 0.280 e. The summed E-state index contributed by atoms with van der Waals surface area (Å²) in [4.78, 5) is 22.7. The normalized spacial score (nSPS) is 16.3. The molecule has 1 fully saturated rings. The van der Waals surface area contributed by atoms with Gasteiger partial charge in [-0.2, -0.15) is 0 Å². The Hall–Kier alpha value is -1.75. The van der Waals surface area contributed by atoms with Gasteiger partial charge in [0.25, 0.3) is 5.69 Å². The van der Waals surface area contributed by atoms with Gasteiger partial charge < -0.3 is 4.74 Å². The number of nitro benzene ring substituents is 1. The molecule has 1 aromatic rings. The third-order valence-electron chi connectivity index (χ3n) is 3.47. The van der Waals surface area contributed by atoms with Gasteiger partial charge >= 0.3 is 0 Å². The van der Waals surface area contributed by atoms with Crippen LogP contribution in [0.1, 0.15) is 35.2 Å². The Morgan fingerprint density at radius 1 is 1.42 bits per heavy atom. The lowest BCUT2D eigenvalue weighted by molar-refractivity contribution is -0.385. The number of benzene rings is 1. The van der Waals surface area contributed by atoms with Gasteiger partial charge in [0.15, 0.2) is 5.78 Å². The van der Waals surface area contributed by atoms with Crippen molar-refractivity contribution in [3.63, 3.8) is 0 Å². The van der Waals surface area contributed by atoms with Crippen molar-refractivity contribution >= 4 is 11.5 Å². The molecule has 0 bridgehead atoms. The van der Waals surface area contributed by atoms with Crippen LogP contribution in [0.2, 0.25) is 0 Å². The number of carbonyl (C=O) groups is 1. The van der Waals surface area contributed by atoms with Crippen molar-refractivity contribution in [2.75, 3.05) is 13.2 Å². The van der Waals surface area contributed by atoms with E-state index in [0.717, 1.165) is 18.4 Å². The topological polar surface area (TPSA) is 69.4 Å². The van der Waals surface area contributed by atoms with Crippen LogP contribution in [0, 0.1) is 23.0 Å². The monoisotopic (exact) mass is 263 g/mol. The molecule has 0 unspecified atom stereocenters. The van der Waals surface area contributed by atoms with Gasteiger partial charge in [0.05, 0.1) is 10.5 Å². The Morgan fingerprint density at radius 2 is 2.11 bits per heavy atom. The summed E-state index contributed by atoms with van der Waals surface area (Å²) in [6.07, 6.45) is 2.07. The Morgan fingerprint density at radius 3 is 2.74 bits per heavy atom. The molecule has 1 aliphatic heterocycles. The van der Waals surface area contributed by atoms with E-state index in [-0.39, 0.29) is 23.0 Å². The van der Waals surface area contributed by atoms with Crippen LogP contribution < -0.4 is 0 Å². The number of ketones is 1. The molecule has 0 saturated carbocycles. The van der Waals surface area contributed by atoms with Crippen molar-refractivity contribution in [3.8, 4) is 0 Å². The Labute approximate surface area is 111 Å². The van der Waals surface area contributed by atoms with E-state index >= 15 is 0 Å². The summed E-state index contributed by atoms with van der Waals surface area (Å²) < 4.78 is 5.25. The number of nitrogens with zero attached hydrogens (tertiary/aromatic N) is 1. The predicted molar refractivity (Wildman–Crippen MR) is 70.3 cm³/mol. The molecule has 5 heteroatoms. The van der Waals surface area contributed by atoms with Crippen molar-refractivity contribution in [2.24, 2.45) is 5.92 Å². The van der Waals surface area contributed by atoms with E-state index in [9.17, 15) is 14.9 Å². The van der Waals surface area contributed by atoms with Crippen LogP contribution in [0.3, 0.4) is 0 Å². The second-order valence-electron chi connectivity index (χ2n) is 4.96. The lowest BCUT2D eigenvalue weighted by Crippen LogP contribution is -2.19. The van der Waals surface area contributed by atoms with Crippen LogP contribution in [-0.4, -0.2) is 23.9 Å². The number of hydrogen-bond donors (Lipinski definition) is 0. The molecule has 0 atom stereocenters. The minimum Gasteiger partial charge on any atom is -0.381 e. The Kier molecular flexibility index (Phi) is 4.27. The van der Waals surface area contributed by atoms with Gasteiger partial charge in [0, 0.05) is 25.7 Å². The standard InChI is InChI=1S/C14H17NO4/c1-10-2-3-12(13(8-10)15(17)18)14(16)9-11-4-6-19-7-5-11/h2-3,8,11H,4-7,9H2,1H3. The summed E-state index contributed by atoms with van der Waals surface area (Å²) in [5.41, 5.74) is 0.925. The van der Waals surface area contributed by atoms with Gasteiger partial charge in [-0.25, -0.2) is 0 Å². The largest absolute Gasteiger partial charge is 0.381 e. The first-order valence-electron chi connectivity index (χ1n) is 6.44. The molecular weight excluding hydrogens is 246 g/mol. The fourth-order valence-electron chi connectivity index (χ4n) is 2.35. The molecule has 0 amide bonds. The number of Topliss-reactive ketones (excluding diaryl/α,β-unsaturated/α-hetero) is 1. The third-order valence-corrected chi connectivity index (χ3v) is 3.47. The molecule has 2 rings (SSSR count). The maximum absolute atomic E-state index is 12.2. The van der Waals surface area contributed by atoms with E-state index in [2.05, 4.69) is 0 Å². The number of hydrogen-bond acceptors (Lipinski definition) is 4. The van der Waals surface area contributed by atoms with Crippen molar-refractivity contribution in [1.82, 2.24) is 0 Å². The van der Waals surface area contributed by atoms with Crippen LogP contribution >= 0.6 is 0 Å². The van der Waals surface area contributed by atoms with Crippen molar-refractivity contribution in [2.45, 2.75) is 26.2 Å². The molecular formula is C14H17NO4. The van der Waals surface area contributed by atoms with Crippen LogP contribution in [-0.2, 0) is 4.74 Å². The van der Waals surface area contributed by atoms with E-state index < -0.39 is 4.92 Å². The zero-order valence-electron chi connectivity index (χ0n) is 10.9. The van der Waals surface area contributed by atoms with E-state index in [1.54, 1.807) is 19.1 Å². The molecule has 0 spiro atoms. The average Bonchev–Trinajstić information content (AvgIpc) is 2.39. The van der Waals surface area contributed by atoms with E-state index in [1.807, 2.05) is 0 Å². The summed E-state index contributed by atoms with van der Waals surface area (Å²) in [5.74, 6) is 0.140. The number of rotatable bonds is 4. The molecule has 0 aromatic heterocycles. The lowest BCUT2D eigenvalue weighted by Gasteiger charge is -2.21. The van der Waals surface area contributed by atoms with Gasteiger partial charge in [-0.3, -0.25) is 14.9 Å². The zero-order chi connectivity index (χ0) is 13.8. The lowest BCUT2D eigenvalue weighted by atomic mass is 9.91. The molecule has 1 aliphatic rings. The molecule has 5 nitrogen and oxygen atoms in total. The second kappa shape index (κ2) is 5.93. The van der Waals surface area contributed by atoms with Crippen LogP contribution in [0.4, 0.5) is 5.69 Å². The fraction of sp³-hybridized carbons (Fsp3) is 0.500. The number of carbonyl (C=O) groups excluding carboxylic acids is 1. The summed E-state index contributed by atoms with van der Waals surface area (Å²) in [6.45, 7) is 3.13. The summed E-state index contributed by atoms with van der Waals surface area (Å²) >= 11 is 0. The predicted octanol–water partition coefficient (Wildman–Crippen LogP) is 2.90. The van der Waals surface area contributed by atoms with Crippen molar-refractivity contribution < 1.29 is 14.5 Å². The van der Waals surface area contributed by atoms with Crippen LogP contribution in [0.5, 0.6) is 0 Å². The van der Waals surface area contributed by atoms with Gasteiger partial charge in [0.2, 0.25) is 0 Å². The summed E-state index contributed by atoms with van der Waals surface area (Å²) in [6, 6.07) is 4.76. The van der Waals surface area contributed by atoms with Crippen molar-refractivity contribution in [3.05, 3.63) is 39.4 Å². The van der Waals surface area contributed by atoms with E-state index in [0.29, 0.717) is 19.6 Å². The second-order valence-corrected chi connectivity index (χ2v) is 4.96. The maximum atomic E-state index is 12.2. The molecule has 1 aromatic carbocycles. The third kappa shape index (κ3) is 3.38. The molecule has 102 valence electrons. The fourth-order valence-corrected chi connectivity index (χ4v) is 2.35. The minimum atomic E-state index is -0.482. The van der Waals surface area contributed by atoms with Gasteiger partial charge in [0.1, 0.15) is 0 Å². The van der Waals surface area contributed by atoms with Crippen molar-refractivity contribution in [1.29, 1.82) is 0 Å². The molecule has 19 heavy (non-hydrogen) atoms. The molecule has 0 aliphatic carbocycles. The highest BCUT2D eigenvalue weighted by molar-refractivity contribution is 6.00. The van der Waals surface area contributed by atoms with Gasteiger partial charge in [-0.15, -0.1) is 0 Å². The highest BCUT2D eigenvalue weighted by Crippen LogP contribution is 2.26.